The molecular weight excluding hydrogens is 268 g/mol. The topological polar surface area (TPSA) is 69.9 Å². The zero-order valence-electron chi connectivity index (χ0n) is 11.6. The van der Waals surface area contributed by atoms with E-state index in [1.165, 1.54) is 0 Å². The number of hydrogen-bond donors (Lipinski definition) is 3. The SMILES string of the molecule is OCC(O)COCC1=Cc2cccc3cccc(c23)C1O. The Balaban J connectivity index is 1.87. The highest BCUT2D eigenvalue weighted by atomic mass is 16.5. The van der Waals surface area contributed by atoms with Crippen LogP contribution in [-0.2, 0) is 4.74 Å². The number of benzene rings is 2. The van der Waals surface area contributed by atoms with Gasteiger partial charge in [0.25, 0.3) is 0 Å². The van der Waals surface area contributed by atoms with E-state index in [9.17, 15) is 10.2 Å². The molecule has 0 fully saturated rings. The molecule has 2 atom stereocenters. The Morgan fingerprint density at radius 2 is 1.90 bits per heavy atom. The lowest BCUT2D eigenvalue weighted by molar-refractivity contribution is 0.00959. The first-order valence-corrected chi connectivity index (χ1v) is 6.97. The maximum Gasteiger partial charge on any atom is 0.103 e. The van der Waals surface area contributed by atoms with E-state index in [1.54, 1.807) is 0 Å². The summed E-state index contributed by atoms with van der Waals surface area (Å²) in [7, 11) is 0. The summed E-state index contributed by atoms with van der Waals surface area (Å²) in [6, 6.07) is 11.9. The number of aliphatic hydroxyl groups excluding tert-OH is 3. The van der Waals surface area contributed by atoms with Crippen LogP contribution in [0.4, 0.5) is 0 Å². The molecule has 0 aliphatic heterocycles. The van der Waals surface area contributed by atoms with Gasteiger partial charge in [0.05, 0.1) is 19.8 Å². The molecule has 0 bridgehead atoms. The third-order valence-electron chi connectivity index (χ3n) is 3.75. The molecule has 3 rings (SSSR count). The van der Waals surface area contributed by atoms with Crippen LogP contribution in [0.25, 0.3) is 16.8 Å². The number of ether oxygens (including phenoxy) is 1. The maximum absolute atomic E-state index is 10.5. The highest BCUT2D eigenvalue weighted by molar-refractivity contribution is 5.96. The van der Waals surface area contributed by atoms with Crippen LogP contribution in [0.15, 0.2) is 42.0 Å². The fourth-order valence-electron chi connectivity index (χ4n) is 2.71. The van der Waals surface area contributed by atoms with Gasteiger partial charge in [0.2, 0.25) is 0 Å². The average Bonchev–Trinajstić information content (AvgIpc) is 2.51. The van der Waals surface area contributed by atoms with Crippen LogP contribution in [0.5, 0.6) is 0 Å². The van der Waals surface area contributed by atoms with Gasteiger partial charge < -0.3 is 20.1 Å². The monoisotopic (exact) mass is 286 g/mol. The Hall–Kier alpha value is -1.72. The van der Waals surface area contributed by atoms with Gasteiger partial charge in [0.1, 0.15) is 12.2 Å². The zero-order chi connectivity index (χ0) is 14.8. The summed E-state index contributed by atoms with van der Waals surface area (Å²) in [5.41, 5.74) is 2.70. The fraction of sp³-hybridized carbons (Fsp3) is 0.294. The first kappa shape index (κ1) is 14.2. The molecule has 4 nitrogen and oxygen atoms in total. The molecule has 0 aromatic heterocycles. The summed E-state index contributed by atoms with van der Waals surface area (Å²) in [5, 5.41) is 30.7. The van der Waals surface area contributed by atoms with Crippen LogP contribution in [0.2, 0.25) is 0 Å². The van der Waals surface area contributed by atoms with E-state index >= 15 is 0 Å². The summed E-state index contributed by atoms with van der Waals surface area (Å²) in [4.78, 5) is 0. The van der Waals surface area contributed by atoms with E-state index in [0.29, 0.717) is 0 Å². The van der Waals surface area contributed by atoms with Crippen molar-refractivity contribution in [3.63, 3.8) is 0 Å². The molecule has 0 heterocycles. The Bertz CT molecular complexity index is 672. The zero-order valence-corrected chi connectivity index (χ0v) is 11.6. The minimum atomic E-state index is -0.887. The lowest BCUT2D eigenvalue weighted by atomic mass is 9.87. The molecule has 1 aliphatic rings. The van der Waals surface area contributed by atoms with Gasteiger partial charge in [-0.25, -0.2) is 0 Å². The highest BCUT2D eigenvalue weighted by Gasteiger charge is 2.22. The van der Waals surface area contributed by atoms with Crippen molar-refractivity contribution >= 4 is 16.8 Å². The van der Waals surface area contributed by atoms with Gasteiger partial charge in [-0.3, -0.25) is 0 Å². The van der Waals surface area contributed by atoms with E-state index in [1.807, 2.05) is 42.5 Å². The lowest BCUT2D eigenvalue weighted by Gasteiger charge is -2.23. The normalized spacial score (nSPS) is 18.6. The van der Waals surface area contributed by atoms with Crippen molar-refractivity contribution in [2.45, 2.75) is 12.2 Å². The molecule has 1 aliphatic carbocycles. The molecule has 2 unspecified atom stereocenters. The predicted molar refractivity (Wildman–Crippen MR) is 80.8 cm³/mol. The smallest absolute Gasteiger partial charge is 0.103 e. The summed E-state index contributed by atoms with van der Waals surface area (Å²) in [6.07, 6.45) is 0.350. The molecule has 0 radical (unpaired) electrons. The second kappa shape index (κ2) is 5.95. The first-order chi connectivity index (χ1) is 10.2. The molecule has 3 N–H and O–H groups in total. The predicted octanol–water partition coefficient (Wildman–Crippen LogP) is 1.64. The molecule has 0 saturated carbocycles. The molecule has 2 aromatic carbocycles. The van der Waals surface area contributed by atoms with Gasteiger partial charge >= 0.3 is 0 Å². The molecule has 4 heteroatoms. The number of aliphatic hydroxyl groups is 3. The minimum Gasteiger partial charge on any atom is -0.394 e. The second-order valence-corrected chi connectivity index (χ2v) is 5.27. The highest BCUT2D eigenvalue weighted by Crippen LogP contribution is 2.37. The molecule has 2 aromatic rings. The van der Waals surface area contributed by atoms with Crippen LogP contribution in [-0.4, -0.2) is 41.2 Å². The van der Waals surface area contributed by atoms with Gasteiger partial charge in [-0.15, -0.1) is 0 Å². The maximum atomic E-state index is 10.5. The van der Waals surface area contributed by atoms with E-state index in [-0.39, 0.29) is 19.8 Å². The van der Waals surface area contributed by atoms with Crippen LogP contribution in [0, 0.1) is 0 Å². The number of rotatable bonds is 5. The Labute approximate surface area is 122 Å². The van der Waals surface area contributed by atoms with Crippen molar-refractivity contribution in [2.24, 2.45) is 0 Å². The second-order valence-electron chi connectivity index (χ2n) is 5.27. The van der Waals surface area contributed by atoms with Crippen molar-refractivity contribution in [3.8, 4) is 0 Å². The Kier molecular flexibility index (Phi) is 4.03. The van der Waals surface area contributed by atoms with E-state index in [0.717, 1.165) is 27.5 Å². The van der Waals surface area contributed by atoms with Crippen LogP contribution in [0.3, 0.4) is 0 Å². The molecular formula is C17H18O4. The van der Waals surface area contributed by atoms with Crippen molar-refractivity contribution in [1.29, 1.82) is 0 Å². The molecule has 0 amide bonds. The quantitative estimate of drug-likeness (QED) is 0.781. The van der Waals surface area contributed by atoms with Crippen molar-refractivity contribution in [3.05, 3.63) is 53.1 Å². The Morgan fingerprint density at radius 3 is 2.67 bits per heavy atom. The standard InChI is InChI=1S/C17H18O4/c18-8-14(19)10-21-9-13-7-12-5-1-3-11-4-2-6-15(16(11)12)17(13)20/h1-7,14,17-20H,8-10H2. The van der Waals surface area contributed by atoms with Crippen molar-refractivity contribution < 1.29 is 20.1 Å². The first-order valence-electron chi connectivity index (χ1n) is 6.97. The van der Waals surface area contributed by atoms with Gasteiger partial charge in [-0.2, -0.15) is 0 Å². The molecule has 110 valence electrons. The van der Waals surface area contributed by atoms with Gasteiger partial charge in [0.15, 0.2) is 0 Å². The van der Waals surface area contributed by atoms with E-state index in [2.05, 4.69) is 0 Å². The van der Waals surface area contributed by atoms with Crippen LogP contribution in [0.1, 0.15) is 17.2 Å². The van der Waals surface area contributed by atoms with Crippen LogP contribution < -0.4 is 0 Å². The summed E-state index contributed by atoms with van der Waals surface area (Å²) in [5.74, 6) is 0. The van der Waals surface area contributed by atoms with Gasteiger partial charge in [-0.05, 0) is 33.5 Å². The van der Waals surface area contributed by atoms with Crippen LogP contribution >= 0.6 is 0 Å². The number of hydrogen-bond acceptors (Lipinski definition) is 4. The third-order valence-corrected chi connectivity index (χ3v) is 3.75. The summed E-state index contributed by atoms with van der Waals surface area (Å²) < 4.78 is 5.37. The fourth-order valence-corrected chi connectivity index (χ4v) is 2.71. The average molecular weight is 286 g/mol. The Morgan fingerprint density at radius 1 is 1.14 bits per heavy atom. The van der Waals surface area contributed by atoms with E-state index in [4.69, 9.17) is 9.84 Å². The minimum absolute atomic E-state index is 0.0480. The van der Waals surface area contributed by atoms with Gasteiger partial charge in [0, 0.05) is 0 Å². The van der Waals surface area contributed by atoms with Crippen molar-refractivity contribution in [1.82, 2.24) is 0 Å². The largest absolute Gasteiger partial charge is 0.394 e. The van der Waals surface area contributed by atoms with E-state index < -0.39 is 12.2 Å². The van der Waals surface area contributed by atoms with Crippen molar-refractivity contribution in [2.75, 3.05) is 19.8 Å². The lowest BCUT2D eigenvalue weighted by Crippen LogP contribution is -2.21. The summed E-state index contributed by atoms with van der Waals surface area (Å²) >= 11 is 0. The molecule has 21 heavy (non-hydrogen) atoms. The third kappa shape index (κ3) is 2.71. The molecule has 0 saturated heterocycles. The molecule has 0 spiro atoms. The van der Waals surface area contributed by atoms with Gasteiger partial charge in [-0.1, -0.05) is 36.4 Å². The summed E-state index contributed by atoms with van der Waals surface area (Å²) in [6.45, 7) is -0.0565.